The predicted molar refractivity (Wildman–Crippen MR) is 144 cm³/mol. The third kappa shape index (κ3) is 6.44. The molecule has 5 nitrogen and oxygen atoms in total. The Morgan fingerprint density at radius 2 is 1.57 bits per heavy atom. The van der Waals surface area contributed by atoms with Gasteiger partial charge in [0.05, 0.1) is 16.6 Å². The third-order valence-electron chi connectivity index (χ3n) is 5.99. The van der Waals surface area contributed by atoms with Crippen molar-refractivity contribution in [3.05, 3.63) is 94.0 Å². The average Bonchev–Trinajstić information content (AvgIpc) is 2.79. The molecule has 7 heteroatoms. The maximum Gasteiger partial charge on any atom is 0.264 e. The third-order valence-corrected chi connectivity index (χ3v) is 8.19. The van der Waals surface area contributed by atoms with Crippen LogP contribution in [0.15, 0.2) is 71.6 Å². The number of benzene rings is 3. The quantitative estimate of drug-likeness (QED) is 0.402. The van der Waals surface area contributed by atoms with Crippen molar-refractivity contribution in [2.24, 2.45) is 0 Å². The first-order valence-corrected chi connectivity index (χ1v) is 13.4. The highest BCUT2D eigenvalue weighted by molar-refractivity contribution is 7.92. The van der Waals surface area contributed by atoms with Crippen LogP contribution in [0, 0.1) is 13.8 Å². The summed E-state index contributed by atoms with van der Waals surface area (Å²) in [4.78, 5) is 13.2. The second-order valence-corrected chi connectivity index (χ2v) is 12.2. The van der Waals surface area contributed by atoms with Crippen LogP contribution in [-0.4, -0.2) is 20.9 Å². The van der Waals surface area contributed by atoms with Gasteiger partial charge in [0.25, 0.3) is 10.0 Å². The van der Waals surface area contributed by atoms with Gasteiger partial charge < -0.3 is 5.32 Å². The Kier molecular flexibility index (Phi) is 7.97. The van der Waals surface area contributed by atoms with Crippen molar-refractivity contribution in [1.82, 2.24) is 5.32 Å². The summed E-state index contributed by atoms with van der Waals surface area (Å²) in [5.41, 5.74) is 4.27. The van der Waals surface area contributed by atoms with E-state index in [0.717, 1.165) is 21.0 Å². The lowest BCUT2D eigenvalue weighted by Crippen LogP contribution is -2.41. The first-order chi connectivity index (χ1) is 16.3. The lowest BCUT2D eigenvalue weighted by atomic mass is 9.86. The zero-order valence-electron chi connectivity index (χ0n) is 21.1. The monoisotopic (exact) mass is 512 g/mol. The molecule has 1 N–H and O–H groups in total. The molecule has 1 amide bonds. The van der Waals surface area contributed by atoms with Crippen LogP contribution in [0.2, 0.25) is 5.02 Å². The predicted octanol–water partition coefficient (Wildman–Crippen LogP) is 6.33. The van der Waals surface area contributed by atoms with Gasteiger partial charge in [-0.3, -0.25) is 9.10 Å². The molecular formula is C28H33ClN2O3S. The summed E-state index contributed by atoms with van der Waals surface area (Å²) in [6.07, 6.45) is 0. The zero-order chi connectivity index (χ0) is 26.0. The number of hydrogen-bond acceptors (Lipinski definition) is 3. The number of hydrogen-bond donors (Lipinski definition) is 1. The molecule has 0 bridgehead atoms. The van der Waals surface area contributed by atoms with E-state index < -0.39 is 15.9 Å². The minimum absolute atomic E-state index is 0.0329. The number of aryl methyl sites for hydroxylation is 2. The fourth-order valence-corrected chi connectivity index (χ4v) is 5.25. The molecule has 1 atom stereocenters. The van der Waals surface area contributed by atoms with E-state index >= 15 is 0 Å². The SMILES string of the molecule is Cc1ccc(S(=O)(=O)N(CC(=O)N[C@H](C)c2ccc(C(C)(C)C)cc2)c2ccc(C)c(Cl)c2)cc1. The number of halogens is 1. The number of nitrogens with one attached hydrogen (secondary N) is 1. The number of sulfonamides is 1. The fraction of sp³-hybridized carbons (Fsp3) is 0.321. The Balaban J connectivity index is 1.87. The highest BCUT2D eigenvalue weighted by atomic mass is 35.5. The number of carbonyl (C=O) groups is 1. The molecule has 0 saturated carbocycles. The first-order valence-electron chi connectivity index (χ1n) is 11.5. The summed E-state index contributed by atoms with van der Waals surface area (Å²) in [7, 11) is -4.00. The van der Waals surface area contributed by atoms with Crippen molar-refractivity contribution >= 4 is 33.2 Å². The van der Waals surface area contributed by atoms with Crippen molar-refractivity contribution in [3.63, 3.8) is 0 Å². The van der Waals surface area contributed by atoms with Crippen LogP contribution in [0.25, 0.3) is 0 Å². The van der Waals surface area contributed by atoms with Crippen LogP contribution in [0.4, 0.5) is 5.69 Å². The van der Waals surface area contributed by atoms with Crippen LogP contribution in [0.1, 0.15) is 56.0 Å². The summed E-state index contributed by atoms with van der Waals surface area (Å²) < 4.78 is 28.2. The number of nitrogens with zero attached hydrogens (tertiary/aromatic N) is 1. The minimum atomic E-state index is -4.00. The maximum atomic E-state index is 13.6. The van der Waals surface area contributed by atoms with E-state index in [4.69, 9.17) is 11.6 Å². The molecule has 3 rings (SSSR count). The number of anilines is 1. The van der Waals surface area contributed by atoms with Gasteiger partial charge in [0.15, 0.2) is 0 Å². The van der Waals surface area contributed by atoms with Crippen LogP contribution in [-0.2, 0) is 20.2 Å². The molecule has 0 radical (unpaired) electrons. The highest BCUT2D eigenvalue weighted by Crippen LogP contribution is 2.28. The number of rotatable bonds is 7. The van der Waals surface area contributed by atoms with E-state index in [9.17, 15) is 13.2 Å². The Labute approximate surface area is 214 Å². The van der Waals surface area contributed by atoms with Crippen LogP contribution in [0.5, 0.6) is 0 Å². The number of carbonyl (C=O) groups excluding carboxylic acids is 1. The van der Waals surface area contributed by atoms with E-state index in [1.54, 1.807) is 42.5 Å². The summed E-state index contributed by atoms with van der Waals surface area (Å²) in [6.45, 7) is 11.7. The van der Waals surface area contributed by atoms with Crippen molar-refractivity contribution in [2.75, 3.05) is 10.8 Å². The van der Waals surface area contributed by atoms with Crippen LogP contribution >= 0.6 is 11.6 Å². The molecule has 0 aliphatic rings. The van der Waals surface area contributed by atoms with Gasteiger partial charge in [-0.15, -0.1) is 0 Å². The van der Waals surface area contributed by atoms with E-state index in [2.05, 4.69) is 38.2 Å². The molecule has 186 valence electrons. The molecule has 0 unspecified atom stereocenters. The van der Waals surface area contributed by atoms with Gasteiger partial charge in [-0.2, -0.15) is 0 Å². The highest BCUT2D eigenvalue weighted by Gasteiger charge is 2.28. The van der Waals surface area contributed by atoms with Gasteiger partial charge in [-0.1, -0.05) is 80.4 Å². The molecule has 0 heterocycles. The van der Waals surface area contributed by atoms with E-state index in [1.165, 1.54) is 5.56 Å². The van der Waals surface area contributed by atoms with E-state index in [-0.39, 0.29) is 22.9 Å². The Hall–Kier alpha value is -2.83. The normalized spacial score (nSPS) is 12.8. The molecule has 0 aliphatic heterocycles. The number of amides is 1. The van der Waals surface area contributed by atoms with Gasteiger partial charge >= 0.3 is 0 Å². The Bertz CT molecular complexity index is 1300. The maximum absolute atomic E-state index is 13.6. The topological polar surface area (TPSA) is 66.5 Å². The fourth-order valence-electron chi connectivity index (χ4n) is 3.66. The second-order valence-electron chi connectivity index (χ2n) is 9.92. The van der Waals surface area contributed by atoms with Gasteiger partial charge in [0.1, 0.15) is 6.54 Å². The van der Waals surface area contributed by atoms with Gasteiger partial charge in [-0.25, -0.2) is 8.42 Å². The summed E-state index contributed by atoms with van der Waals surface area (Å²) in [5, 5.41) is 3.37. The van der Waals surface area contributed by atoms with E-state index in [1.807, 2.05) is 32.9 Å². The molecule has 0 aromatic heterocycles. The molecule has 0 spiro atoms. The standard InChI is InChI=1S/C28H33ClN2O3S/c1-19-7-15-25(16-8-19)35(33,34)31(24-14-9-20(2)26(29)17-24)18-27(32)30-21(3)22-10-12-23(13-11-22)28(4,5)6/h7-17,21H,18H2,1-6H3,(H,30,32)/t21-/m1/s1. The lowest BCUT2D eigenvalue weighted by molar-refractivity contribution is -0.120. The summed E-state index contributed by atoms with van der Waals surface area (Å²) >= 11 is 6.30. The Morgan fingerprint density at radius 1 is 0.971 bits per heavy atom. The van der Waals surface area contributed by atoms with Gasteiger partial charge in [-0.05, 0) is 67.1 Å². The smallest absolute Gasteiger partial charge is 0.264 e. The largest absolute Gasteiger partial charge is 0.348 e. The molecule has 0 saturated heterocycles. The molecule has 3 aromatic carbocycles. The molecular weight excluding hydrogens is 480 g/mol. The van der Waals surface area contributed by atoms with Crippen molar-refractivity contribution in [3.8, 4) is 0 Å². The molecule has 0 aliphatic carbocycles. The van der Waals surface area contributed by atoms with Crippen molar-refractivity contribution < 1.29 is 13.2 Å². The first kappa shape index (κ1) is 26.8. The minimum Gasteiger partial charge on any atom is -0.348 e. The molecule has 3 aromatic rings. The molecule has 0 fully saturated rings. The summed E-state index contributed by atoms with van der Waals surface area (Å²) in [6, 6.07) is 19.3. The zero-order valence-corrected chi connectivity index (χ0v) is 22.7. The van der Waals surface area contributed by atoms with Gasteiger partial charge in [0.2, 0.25) is 5.91 Å². The van der Waals surface area contributed by atoms with Crippen molar-refractivity contribution in [2.45, 2.75) is 57.9 Å². The average molecular weight is 513 g/mol. The lowest BCUT2D eigenvalue weighted by Gasteiger charge is -2.26. The Morgan fingerprint density at radius 3 is 2.11 bits per heavy atom. The van der Waals surface area contributed by atoms with Crippen molar-refractivity contribution in [1.29, 1.82) is 0 Å². The second kappa shape index (κ2) is 10.4. The molecule has 35 heavy (non-hydrogen) atoms. The summed E-state index contributed by atoms with van der Waals surface area (Å²) in [5.74, 6) is -0.412. The van der Waals surface area contributed by atoms with Gasteiger partial charge in [0, 0.05) is 5.02 Å². The van der Waals surface area contributed by atoms with Crippen LogP contribution < -0.4 is 9.62 Å². The van der Waals surface area contributed by atoms with E-state index in [0.29, 0.717) is 10.7 Å². The van der Waals surface area contributed by atoms with Crippen LogP contribution in [0.3, 0.4) is 0 Å².